The molecule has 0 spiro atoms. The predicted octanol–water partition coefficient (Wildman–Crippen LogP) is 11.9. The van der Waals surface area contributed by atoms with E-state index >= 15 is 0 Å². The number of amides is 2. The van der Waals surface area contributed by atoms with Gasteiger partial charge in [-0.2, -0.15) is 0 Å². The fourth-order valence-corrected chi connectivity index (χ4v) is 20.7. The number of ether oxygens (including phenoxy) is 3. The third kappa shape index (κ3) is 21.4. The number of hydrogen-bond donors (Lipinski definition) is 8. The number of thiazole rings is 4. The molecule has 4 saturated heterocycles. The molecule has 4 aliphatic carbocycles. The molecule has 12 aromatic rings. The van der Waals surface area contributed by atoms with Crippen molar-refractivity contribution in [2.45, 2.75) is 110 Å². The topological polar surface area (TPSA) is 374 Å². The van der Waals surface area contributed by atoms with E-state index in [9.17, 15) is 18.0 Å². The standard InChI is InChI=1S/C22H25N7OS.C22H24N6O2S.C22H25N5OS.C20H22N6O3S2/c1-14(30)25-16-3-2-4-17(11-16)26-22-24-12-15-5-6-18-21(20(15)28-22)27-19(31-18)13-29-9-7-23-8-10-29;1-14(29)24-16-3-2-4-17(11-16)25-22-23-12-15-5-6-18-21(20(15)27-22)26-19(31-18)13-28-7-9-30-10-8-28;1-14-9-15(2)11-17(10-14)24-22-23-12-16-3-4-18-21(20(16)26-22)25-19(29-18)13-27-5-7-28-8-6-27;21-31(27,28)15-3-1-2-14(10-15)23-20-22-11-13-4-5-16-19(18(13)25-20)24-17(30-16)12-26-6-8-29-9-7-26/h2-4,11-12,23H,5-10,13H2,1H3,(H,25,30)(H,24,26,28);2-4,11-12H,5-10,13H2,1H3,(H,24,29)(H,23,25,27);9-12H,3-8,13H2,1-2H3,(H,23,24,26);1-3,10-11H,4-9,12H2,(H2,21,27,28)(H,22,23,25). The molecular formula is C86H96N24O7S5. The molecule has 0 atom stereocenters. The first kappa shape index (κ1) is 83.7. The van der Waals surface area contributed by atoms with Gasteiger partial charge in [-0.15, -0.1) is 45.3 Å². The Morgan fingerprint density at radius 2 is 0.689 bits per heavy atom. The second kappa shape index (κ2) is 38.5. The zero-order valence-electron chi connectivity index (χ0n) is 68.4. The Morgan fingerprint density at radius 3 is 1.02 bits per heavy atom. The molecule has 632 valence electrons. The summed E-state index contributed by atoms with van der Waals surface area (Å²) in [6, 6.07) is 27.7. The van der Waals surface area contributed by atoms with Gasteiger partial charge in [-0.05, 0) is 165 Å². The molecular weight excluding hydrogens is 1640 g/mol. The van der Waals surface area contributed by atoms with Crippen molar-refractivity contribution in [3.05, 3.63) is 189 Å². The number of piperazine rings is 1. The van der Waals surface area contributed by atoms with Gasteiger partial charge in [0.25, 0.3) is 0 Å². The van der Waals surface area contributed by atoms with Gasteiger partial charge in [0.1, 0.15) is 42.8 Å². The normalized spacial score (nSPS) is 16.1. The summed E-state index contributed by atoms with van der Waals surface area (Å²) in [5.41, 5.74) is 19.3. The van der Waals surface area contributed by atoms with Crippen LogP contribution in [0.1, 0.15) is 86.8 Å². The highest BCUT2D eigenvalue weighted by Gasteiger charge is 2.31. The quantitative estimate of drug-likeness (QED) is 0.0373. The Balaban J connectivity index is 0.000000116. The number of morpholine rings is 3. The number of sulfonamides is 1. The summed E-state index contributed by atoms with van der Waals surface area (Å²) in [6.07, 6.45) is 15.2. The maximum Gasteiger partial charge on any atom is 0.238 e. The SMILES string of the molecule is CC(=O)Nc1cccc(Nc2ncc3c(n2)-c2nc(CN4CCNCC4)sc2CC3)c1.CC(=O)Nc1cccc(Nc2ncc3c(n2)-c2nc(CN4CCOCC4)sc2CC3)c1.Cc1cc(C)cc(Nc2ncc3c(n2)-c2nc(CN4CCOCC4)sc2CC3)c1.NS(=O)(=O)c1cccc(Nc2ncc3c(n2)-c2nc(CN4CCOCC4)sc2CC3)c1. The van der Waals surface area contributed by atoms with Crippen molar-refractivity contribution in [2.75, 3.05) is 137 Å². The largest absolute Gasteiger partial charge is 0.379 e. The molecule has 12 heterocycles. The second-order valence-corrected chi connectivity index (χ2v) is 37.2. The average molecular weight is 1740 g/mol. The molecule has 8 aliphatic rings. The lowest BCUT2D eigenvalue weighted by molar-refractivity contribution is -0.115. The molecule has 2 amide bonds. The molecule has 4 aromatic carbocycles. The fourth-order valence-electron chi connectivity index (χ4n) is 15.7. The number of rotatable bonds is 19. The van der Waals surface area contributed by atoms with Crippen LogP contribution in [0.25, 0.3) is 45.6 Å². The fraction of sp³-hybridized carbons (Fsp3) is 0.372. The Hall–Kier alpha value is -10.6. The number of nitrogens with zero attached hydrogens (tertiary/aromatic N) is 16. The van der Waals surface area contributed by atoms with Crippen LogP contribution in [0.5, 0.6) is 0 Å². The number of primary sulfonamides is 1. The van der Waals surface area contributed by atoms with Crippen LogP contribution in [-0.2, 0) is 111 Å². The number of anilines is 10. The van der Waals surface area contributed by atoms with Crippen molar-refractivity contribution < 1.29 is 32.2 Å². The monoisotopic (exact) mass is 1740 g/mol. The number of hydrogen-bond acceptors (Lipinski definition) is 32. The predicted molar refractivity (Wildman–Crippen MR) is 477 cm³/mol. The number of nitrogens with one attached hydrogen (secondary N) is 7. The van der Waals surface area contributed by atoms with Gasteiger partial charge in [0, 0.05) is 158 Å². The van der Waals surface area contributed by atoms with Crippen molar-refractivity contribution in [2.24, 2.45) is 5.14 Å². The maximum absolute atomic E-state index is 11.6. The molecule has 9 N–H and O–H groups in total. The Bertz CT molecular complexity index is 5700. The molecule has 0 radical (unpaired) electrons. The lowest BCUT2D eigenvalue weighted by Crippen LogP contribution is -2.42. The van der Waals surface area contributed by atoms with E-state index < -0.39 is 10.0 Å². The highest BCUT2D eigenvalue weighted by Crippen LogP contribution is 2.41. The molecule has 20 rings (SSSR count). The lowest BCUT2D eigenvalue weighted by Gasteiger charge is -2.26. The molecule has 0 unspecified atom stereocenters. The second-order valence-electron chi connectivity index (χ2n) is 31.0. The molecule has 31 nitrogen and oxygen atoms in total. The van der Waals surface area contributed by atoms with Crippen LogP contribution >= 0.6 is 45.3 Å². The van der Waals surface area contributed by atoms with Crippen molar-refractivity contribution >= 4 is 125 Å². The van der Waals surface area contributed by atoms with E-state index in [0.29, 0.717) is 29.5 Å². The van der Waals surface area contributed by atoms with Crippen LogP contribution in [0.15, 0.2) is 121 Å². The average Bonchev–Trinajstić information content (AvgIpc) is 1.62. The minimum Gasteiger partial charge on any atom is -0.379 e. The zero-order valence-corrected chi connectivity index (χ0v) is 72.5. The summed E-state index contributed by atoms with van der Waals surface area (Å²) in [4.78, 5) is 94.4. The smallest absolute Gasteiger partial charge is 0.238 e. The lowest BCUT2D eigenvalue weighted by atomic mass is 10.00. The van der Waals surface area contributed by atoms with Crippen molar-refractivity contribution in [1.82, 2.24) is 84.7 Å². The van der Waals surface area contributed by atoms with E-state index in [1.165, 1.54) is 67.2 Å². The first-order valence-electron chi connectivity index (χ1n) is 41.1. The number of carbonyl (C=O) groups excluding carboxylic acids is 2. The molecule has 122 heavy (non-hydrogen) atoms. The Labute approximate surface area is 723 Å². The van der Waals surface area contributed by atoms with E-state index in [2.05, 4.69) is 109 Å². The Morgan fingerprint density at radius 1 is 0.385 bits per heavy atom. The number of nitrogens with two attached hydrogens (primary N) is 1. The highest BCUT2D eigenvalue weighted by atomic mass is 32.2. The van der Waals surface area contributed by atoms with Crippen LogP contribution in [0.3, 0.4) is 0 Å². The van der Waals surface area contributed by atoms with E-state index in [1.807, 2.05) is 96.0 Å². The molecule has 4 aliphatic heterocycles. The van der Waals surface area contributed by atoms with Crippen LogP contribution in [-0.4, -0.2) is 205 Å². The third-order valence-electron chi connectivity index (χ3n) is 21.5. The van der Waals surface area contributed by atoms with E-state index in [0.717, 1.165) is 288 Å². The number of carbonyl (C=O) groups is 2. The first-order chi connectivity index (χ1) is 59.4. The zero-order chi connectivity index (χ0) is 83.6. The van der Waals surface area contributed by atoms with Crippen molar-refractivity contribution in [3.63, 3.8) is 0 Å². The van der Waals surface area contributed by atoms with Gasteiger partial charge in [-0.3, -0.25) is 29.2 Å². The molecule has 4 fully saturated rings. The first-order valence-corrected chi connectivity index (χ1v) is 46.0. The highest BCUT2D eigenvalue weighted by molar-refractivity contribution is 7.89. The molecule has 36 heteroatoms. The summed E-state index contributed by atoms with van der Waals surface area (Å²) >= 11 is 7.20. The summed E-state index contributed by atoms with van der Waals surface area (Å²) < 4.78 is 39.6. The minimum atomic E-state index is -3.78. The maximum atomic E-state index is 11.6. The summed E-state index contributed by atoms with van der Waals surface area (Å²) in [7, 11) is -3.78. The van der Waals surface area contributed by atoms with Crippen molar-refractivity contribution in [3.8, 4) is 45.6 Å². The van der Waals surface area contributed by atoms with Gasteiger partial charge in [0.15, 0.2) is 0 Å². The number of fused-ring (bicyclic) bond motifs is 12. The Kier molecular flexibility index (Phi) is 26.4. The summed E-state index contributed by atoms with van der Waals surface area (Å²) in [5.74, 6) is 1.86. The van der Waals surface area contributed by atoms with Gasteiger partial charge in [0.05, 0.1) is 93.5 Å². The van der Waals surface area contributed by atoms with Gasteiger partial charge < -0.3 is 51.4 Å². The number of benzene rings is 4. The third-order valence-corrected chi connectivity index (χ3v) is 26.8. The van der Waals surface area contributed by atoms with Crippen LogP contribution in [0, 0.1) is 13.8 Å². The van der Waals surface area contributed by atoms with Crippen molar-refractivity contribution in [1.29, 1.82) is 0 Å². The molecule has 8 aromatic heterocycles. The van der Waals surface area contributed by atoms with Gasteiger partial charge in [-0.1, -0.05) is 24.3 Å². The summed E-state index contributed by atoms with van der Waals surface area (Å²) in [5, 5.41) is 31.7. The van der Waals surface area contributed by atoms with Crippen LogP contribution in [0.2, 0.25) is 0 Å². The number of aromatic nitrogens is 12. The van der Waals surface area contributed by atoms with E-state index in [1.54, 1.807) is 34.8 Å². The molecule has 0 saturated carbocycles. The summed E-state index contributed by atoms with van der Waals surface area (Å²) in [6.45, 7) is 25.3. The minimum absolute atomic E-state index is 0.0324. The van der Waals surface area contributed by atoms with Gasteiger partial charge in [-0.25, -0.2) is 73.4 Å². The van der Waals surface area contributed by atoms with E-state index in [-0.39, 0.29) is 16.7 Å². The van der Waals surface area contributed by atoms with Gasteiger partial charge >= 0.3 is 0 Å². The van der Waals surface area contributed by atoms with Gasteiger partial charge in [0.2, 0.25) is 45.6 Å². The molecule has 0 bridgehead atoms. The van der Waals surface area contributed by atoms with E-state index in [4.69, 9.17) is 59.2 Å². The van der Waals surface area contributed by atoms with Crippen LogP contribution in [0.4, 0.5) is 57.9 Å². The van der Waals surface area contributed by atoms with Crippen LogP contribution < -0.4 is 42.4 Å². The number of aryl methyl sites for hydroxylation is 10.